The number of benzene rings is 1. The number of rotatable bonds is 13. The molecular weight excluding hydrogens is 378 g/mol. The van der Waals surface area contributed by atoms with Gasteiger partial charge in [0.2, 0.25) is 0 Å². The molecule has 0 fully saturated rings. The molecule has 2 rings (SSSR count). The van der Waals surface area contributed by atoms with Crippen molar-refractivity contribution in [2.24, 2.45) is 0 Å². The van der Waals surface area contributed by atoms with E-state index in [1.807, 2.05) is 13.0 Å². The summed E-state index contributed by atoms with van der Waals surface area (Å²) in [5.74, 6) is 1.58. The largest absolute Gasteiger partial charge is 0.493 e. The predicted octanol–water partition coefficient (Wildman–Crippen LogP) is 4.30. The average molecular weight is 416 g/mol. The van der Waals surface area contributed by atoms with Gasteiger partial charge in [-0.3, -0.25) is 9.58 Å². The Morgan fingerprint density at radius 1 is 1.17 bits per heavy atom. The van der Waals surface area contributed by atoms with Gasteiger partial charge < -0.3 is 14.2 Å². The third-order valence-corrected chi connectivity index (χ3v) is 5.29. The van der Waals surface area contributed by atoms with Crippen molar-refractivity contribution in [1.82, 2.24) is 14.7 Å². The number of ether oxygens (including phenoxy) is 3. The van der Waals surface area contributed by atoms with Crippen LogP contribution in [-0.4, -0.2) is 48.7 Å². The van der Waals surface area contributed by atoms with Crippen LogP contribution >= 0.6 is 0 Å². The highest BCUT2D eigenvalue weighted by molar-refractivity contribution is 5.50. The standard InChI is InChI=1S/C24H37N3O3/c1-8-11-21-14-20(15-23(29-7)24(21)30-10-3)16-26(12-13-28-6)17-22-18(4)25-27(9-2)19(22)5/h8,14-15H,1,9-13,16-17H2,2-7H3. The molecule has 1 aromatic carbocycles. The number of methoxy groups -OCH3 is 2. The summed E-state index contributed by atoms with van der Waals surface area (Å²) >= 11 is 0. The molecule has 0 aliphatic heterocycles. The molecule has 0 aliphatic carbocycles. The molecule has 0 aliphatic rings. The lowest BCUT2D eigenvalue weighted by molar-refractivity contribution is 0.139. The lowest BCUT2D eigenvalue weighted by Crippen LogP contribution is -2.27. The molecule has 1 heterocycles. The fourth-order valence-electron chi connectivity index (χ4n) is 3.77. The maximum Gasteiger partial charge on any atom is 0.164 e. The van der Waals surface area contributed by atoms with E-state index in [0.29, 0.717) is 13.2 Å². The maximum atomic E-state index is 5.86. The van der Waals surface area contributed by atoms with Gasteiger partial charge >= 0.3 is 0 Å². The molecule has 1 aromatic heterocycles. The normalized spacial score (nSPS) is 11.2. The van der Waals surface area contributed by atoms with Gasteiger partial charge in [-0.05, 0) is 45.7 Å². The van der Waals surface area contributed by atoms with E-state index >= 15 is 0 Å². The van der Waals surface area contributed by atoms with Gasteiger partial charge in [-0.1, -0.05) is 12.1 Å². The monoisotopic (exact) mass is 415 g/mol. The average Bonchev–Trinajstić information content (AvgIpc) is 3.01. The number of hydrogen-bond acceptors (Lipinski definition) is 5. The molecule has 6 heteroatoms. The molecule has 166 valence electrons. The van der Waals surface area contributed by atoms with Crippen molar-refractivity contribution in [3.8, 4) is 11.5 Å². The molecule has 2 aromatic rings. The van der Waals surface area contributed by atoms with Crippen molar-refractivity contribution in [2.45, 2.75) is 53.8 Å². The van der Waals surface area contributed by atoms with E-state index in [0.717, 1.165) is 55.4 Å². The Morgan fingerprint density at radius 2 is 1.93 bits per heavy atom. The van der Waals surface area contributed by atoms with Gasteiger partial charge in [-0.15, -0.1) is 6.58 Å². The Bertz CT molecular complexity index is 830. The molecule has 0 spiro atoms. The van der Waals surface area contributed by atoms with E-state index in [1.165, 1.54) is 16.8 Å². The second kappa shape index (κ2) is 11.8. The number of nitrogens with zero attached hydrogens (tertiary/aromatic N) is 3. The van der Waals surface area contributed by atoms with Crippen molar-refractivity contribution >= 4 is 0 Å². The smallest absolute Gasteiger partial charge is 0.164 e. The quantitative estimate of drug-likeness (QED) is 0.457. The summed E-state index contributed by atoms with van der Waals surface area (Å²) in [5.41, 5.74) is 5.89. The molecule has 30 heavy (non-hydrogen) atoms. The van der Waals surface area contributed by atoms with Crippen LogP contribution in [0.2, 0.25) is 0 Å². The fraction of sp³-hybridized carbons (Fsp3) is 0.542. The summed E-state index contributed by atoms with van der Waals surface area (Å²) in [5, 5.41) is 4.68. The molecule has 0 saturated carbocycles. The molecule has 0 bridgehead atoms. The summed E-state index contributed by atoms with van der Waals surface area (Å²) in [6, 6.07) is 4.27. The number of allylic oxidation sites excluding steroid dienone is 1. The predicted molar refractivity (Wildman–Crippen MR) is 121 cm³/mol. The van der Waals surface area contributed by atoms with Gasteiger partial charge in [-0.2, -0.15) is 5.10 Å². The third kappa shape index (κ3) is 5.86. The Hall–Kier alpha value is -2.31. The number of hydrogen-bond donors (Lipinski definition) is 0. The highest BCUT2D eigenvalue weighted by atomic mass is 16.5. The van der Waals surface area contributed by atoms with E-state index in [-0.39, 0.29) is 0 Å². The Labute approximate surface area is 181 Å². The second-order valence-electron chi connectivity index (χ2n) is 7.38. The first kappa shape index (κ1) is 24.0. The van der Waals surface area contributed by atoms with E-state index in [2.05, 4.69) is 54.2 Å². The lowest BCUT2D eigenvalue weighted by Gasteiger charge is -2.24. The van der Waals surface area contributed by atoms with Crippen LogP contribution in [0.15, 0.2) is 24.8 Å². The molecule has 0 amide bonds. The molecule has 0 unspecified atom stereocenters. The van der Waals surface area contributed by atoms with Crippen molar-refractivity contribution < 1.29 is 14.2 Å². The van der Waals surface area contributed by atoms with Crippen LogP contribution in [0.4, 0.5) is 0 Å². The minimum atomic E-state index is 0.597. The van der Waals surface area contributed by atoms with Crippen molar-refractivity contribution in [3.63, 3.8) is 0 Å². The van der Waals surface area contributed by atoms with Crippen LogP contribution < -0.4 is 9.47 Å². The van der Waals surface area contributed by atoms with Gasteiger partial charge in [0.1, 0.15) is 0 Å². The Kier molecular flexibility index (Phi) is 9.40. The van der Waals surface area contributed by atoms with Crippen molar-refractivity contribution in [2.75, 3.05) is 34.0 Å². The zero-order valence-electron chi connectivity index (χ0n) is 19.5. The summed E-state index contributed by atoms with van der Waals surface area (Å²) in [6.07, 6.45) is 2.63. The first-order valence-electron chi connectivity index (χ1n) is 10.7. The van der Waals surface area contributed by atoms with E-state index in [1.54, 1.807) is 14.2 Å². The topological polar surface area (TPSA) is 48.8 Å². The van der Waals surface area contributed by atoms with Gasteiger partial charge in [0.15, 0.2) is 11.5 Å². The maximum absolute atomic E-state index is 5.86. The van der Waals surface area contributed by atoms with E-state index in [4.69, 9.17) is 14.2 Å². The van der Waals surface area contributed by atoms with Crippen LogP contribution in [0.5, 0.6) is 11.5 Å². The Balaban J connectivity index is 2.34. The van der Waals surface area contributed by atoms with Crippen LogP contribution in [-0.2, 0) is 30.8 Å². The molecule has 0 N–H and O–H groups in total. The van der Waals surface area contributed by atoms with Gasteiger partial charge in [0, 0.05) is 50.1 Å². The summed E-state index contributed by atoms with van der Waals surface area (Å²) in [7, 11) is 3.43. The SMILES string of the molecule is C=CCc1cc(CN(CCOC)Cc2c(C)nn(CC)c2C)cc(OC)c1OCC. The van der Waals surface area contributed by atoms with Crippen LogP contribution in [0.3, 0.4) is 0 Å². The summed E-state index contributed by atoms with van der Waals surface area (Å²) < 4.78 is 19.0. The lowest BCUT2D eigenvalue weighted by atomic mass is 10.0. The van der Waals surface area contributed by atoms with Crippen molar-refractivity contribution in [1.29, 1.82) is 0 Å². The zero-order chi connectivity index (χ0) is 22.1. The van der Waals surface area contributed by atoms with Gasteiger partial charge in [-0.25, -0.2) is 0 Å². The molecule has 0 atom stereocenters. The van der Waals surface area contributed by atoms with Gasteiger partial charge in [0.25, 0.3) is 0 Å². The minimum absolute atomic E-state index is 0.597. The highest BCUT2D eigenvalue weighted by Crippen LogP contribution is 2.34. The first-order chi connectivity index (χ1) is 14.5. The molecule has 0 saturated heterocycles. The van der Waals surface area contributed by atoms with Crippen LogP contribution in [0.1, 0.15) is 41.9 Å². The van der Waals surface area contributed by atoms with E-state index in [9.17, 15) is 0 Å². The summed E-state index contributed by atoms with van der Waals surface area (Å²) in [4.78, 5) is 2.40. The van der Waals surface area contributed by atoms with Gasteiger partial charge in [0.05, 0.1) is 26.0 Å². The zero-order valence-corrected chi connectivity index (χ0v) is 19.5. The first-order valence-corrected chi connectivity index (χ1v) is 10.7. The Morgan fingerprint density at radius 3 is 2.50 bits per heavy atom. The summed E-state index contributed by atoms with van der Waals surface area (Å²) in [6.45, 7) is 16.8. The third-order valence-electron chi connectivity index (χ3n) is 5.29. The molecule has 0 radical (unpaired) electrons. The fourth-order valence-corrected chi connectivity index (χ4v) is 3.77. The number of aromatic nitrogens is 2. The van der Waals surface area contributed by atoms with E-state index < -0.39 is 0 Å². The van der Waals surface area contributed by atoms with Crippen molar-refractivity contribution in [3.05, 3.63) is 52.9 Å². The minimum Gasteiger partial charge on any atom is -0.493 e. The number of aryl methyl sites for hydroxylation is 2. The molecule has 6 nitrogen and oxygen atoms in total. The molecular formula is C24H37N3O3. The van der Waals surface area contributed by atoms with Crippen LogP contribution in [0.25, 0.3) is 0 Å². The second-order valence-corrected chi connectivity index (χ2v) is 7.38. The van der Waals surface area contributed by atoms with Crippen LogP contribution in [0, 0.1) is 13.8 Å². The highest BCUT2D eigenvalue weighted by Gasteiger charge is 2.18.